The summed E-state index contributed by atoms with van der Waals surface area (Å²) in [4.78, 5) is 33.3. The molecule has 2 aromatic heterocycles. The molecule has 3 aromatic carbocycles. The van der Waals surface area contributed by atoms with Gasteiger partial charge in [-0.05, 0) is 35.9 Å². The second-order valence-corrected chi connectivity index (χ2v) is 7.79. The Balaban J connectivity index is 1.46. The van der Waals surface area contributed by atoms with Gasteiger partial charge in [-0.3, -0.25) is 19.5 Å². The van der Waals surface area contributed by atoms with Crippen LogP contribution in [0.25, 0.3) is 33.2 Å². The van der Waals surface area contributed by atoms with Crippen LogP contribution in [0.5, 0.6) is 5.75 Å². The molecule has 0 atom stereocenters. The zero-order valence-corrected chi connectivity index (χ0v) is 17.4. The Morgan fingerprint density at radius 2 is 1.73 bits per heavy atom. The average Bonchev–Trinajstić information content (AvgIpc) is 3.52. The Morgan fingerprint density at radius 1 is 0.909 bits per heavy atom. The first-order chi connectivity index (χ1) is 16.2. The minimum absolute atomic E-state index is 0.255. The first-order valence-corrected chi connectivity index (χ1v) is 10.5. The summed E-state index contributed by atoms with van der Waals surface area (Å²) in [5.41, 5.74) is 4.58. The number of para-hydroxylation sites is 2. The molecule has 0 spiro atoms. The summed E-state index contributed by atoms with van der Waals surface area (Å²) in [7, 11) is 0. The standard InChI is InChI=1S/C26H18N4O3/c31-25-23(24(26(32)29-25)30-15-28-21-8-4-5-9-22(21)30)19-13-27-20-11-10-17(12-18(19)20)33-14-16-6-2-1-3-7-16/h1-13,15,27H,14H2,(H,29,31,32). The van der Waals surface area contributed by atoms with Crippen LogP contribution >= 0.6 is 0 Å². The van der Waals surface area contributed by atoms with Crippen molar-refractivity contribution in [2.45, 2.75) is 6.61 Å². The molecule has 0 unspecified atom stereocenters. The van der Waals surface area contributed by atoms with Crippen LogP contribution in [0, 0.1) is 0 Å². The number of ether oxygens (including phenoxy) is 1. The minimum atomic E-state index is -0.455. The van der Waals surface area contributed by atoms with Crippen molar-refractivity contribution in [3.8, 4) is 5.75 Å². The van der Waals surface area contributed by atoms with Crippen molar-refractivity contribution in [1.82, 2.24) is 19.9 Å². The van der Waals surface area contributed by atoms with E-state index in [-0.39, 0.29) is 5.70 Å². The predicted molar refractivity (Wildman–Crippen MR) is 125 cm³/mol. The first kappa shape index (κ1) is 19.1. The molecule has 5 aromatic rings. The molecule has 0 bridgehead atoms. The highest BCUT2D eigenvalue weighted by atomic mass is 16.5. The predicted octanol–water partition coefficient (Wildman–Crippen LogP) is 4.12. The first-order valence-electron chi connectivity index (χ1n) is 10.5. The van der Waals surface area contributed by atoms with Gasteiger partial charge in [0.05, 0.1) is 16.6 Å². The zero-order valence-electron chi connectivity index (χ0n) is 17.4. The molecule has 1 aliphatic rings. The molecule has 160 valence electrons. The second-order valence-electron chi connectivity index (χ2n) is 7.79. The van der Waals surface area contributed by atoms with E-state index in [4.69, 9.17) is 4.74 Å². The Bertz CT molecular complexity index is 1580. The van der Waals surface area contributed by atoms with Crippen LogP contribution in [0.2, 0.25) is 0 Å². The third-order valence-electron chi connectivity index (χ3n) is 5.77. The number of rotatable bonds is 5. The van der Waals surface area contributed by atoms with E-state index in [1.165, 1.54) is 0 Å². The van der Waals surface area contributed by atoms with Gasteiger partial charge in [0.25, 0.3) is 11.8 Å². The lowest BCUT2D eigenvalue weighted by atomic mass is 10.0. The van der Waals surface area contributed by atoms with Crippen molar-refractivity contribution in [1.29, 1.82) is 0 Å². The number of aromatic nitrogens is 3. The molecule has 7 nitrogen and oxygen atoms in total. The average molecular weight is 434 g/mol. The molecule has 0 saturated carbocycles. The minimum Gasteiger partial charge on any atom is -0.489 e. The van der Waals surface area contributed by atoms with Gasteiger partial charge >= 0.3 is 0 Å². The number of fused-ring (bicyclic) bond motifs is 2. The Hall–Kier alpha value is -4.65. The van der Waals surface area contributed by atoms with Crippen LogP contribution in [-0.4, -0.2) is 26.3 Å². The highest BCUT2D eigenvalue weighted by Crippen LogP contribution is 2.35. The van der Waals surface area contributed by atoms with Crippen LogP contribution in [-0.2, 0) is 16.2 Å². The van der Waals surface area contributed by atoms with E-state index < -0.39 is 11.8 Å². The largest absolute Gasteiger partial charge is 0.489 e. The fraction of sp³-hybridized carbons (Fsp3) is 0.0385. The van der Waals surface area contributed by atoms with Gasteiger partial charge in [-0.1, -0.05) is 42.5 Å². The summed E-state index contributed by atoms with van der Waals surface area (Å²) in [6.07, 6.45) is 3.32. The van der Waals surface area contributed by atoms with Crippen molar-refractivity contribution in [2.24, 2.45) is 0 Å². The number of benzene rings is 3. The van der Waals surface area contributed by atoms with Gasteiger partial charge in [0.1, 0.15) is 24.4 Å². The van der Waals surface area contributed by atoms with Crippen LogP contribution in [0.3, 0.4) is 0 Å². The Morgan fingerprint density at radius 3 is 2.61 bits per heavy atom. The molecule has 7 heteroatoms. The third kappa shape index (κ3) is 3.18. The Labute approximate surface area is 188 Å². The summed E-state index contributed by atoms with van der Waals surface area (Å²) in [5, 5.41) is 3.23. The van der Waals surface area contributed by atoms with Gasteiger partial charge in [-0.25, -0.2) is 4.98 Å². The fourth-order valence-electron chi connectivity index (χ4n) is 4.20. The van der Waals surface area contributed by atoms with Crippen LogP contribution < -0.4 is 10.1 Å². The van der Waals surface area contributed by atoms with Gasteiger partial charge in [0.2, 0.25) is 0 Å². The zero-order chi connectivity index (χ0) is 22.4. The number of aromatic amines is 1. The fourth-order valence-corrected chi connectivity index (χ4v) is 4.20. The molecular formula is C26H18N4O3. The van der Waals surface area contributed by atoms with E-state index in [0.717, 1.165) is 27.5 Å². The third-order valence-corrected chi connectivity index (χ3v) is 5.77. The topological polar surface area (TPSA) is 89.0 Å². The number of nitrogens with one attached hydrogen (secondary N) is 2. The van der Waals surface area contributed by atoms with Gasteiger partial charge in [0, 0.05) is 22.7 Å². The maximum atomic E-state index is 12.9. The quantitative estimate of drug-likeness (QED) is 0.407. The number of imidazole rings is 1. The van der Waals surface area contributed by atoms with Crippen LogP contribution in [0.15, 0.2) is 85.3 Å². The molecule has 2 N–H and O–H groups in total. The lowest BCUT2D eigenvalue weighted by molar-refractivity contribution is -0.122. The Kier molecular flexibility index (Phi) is 4.33. The number of carbonyl (C=O) groups is 2. The van der Waals surface area contributed by atoms with Gasteiger partial charge < -0.3 is 9.72 Å². The van der Waals surface area contributed by atoms with E-state index in [1.54, 1.807) is 17.1 Å². The van der Waals surface area contributed by atoms with Crippen molar-refractivity contribution in [3.63, 3.8) is 0 Å². The summed E-state index contributed by atoms with van der Waals surface area (Å²) in [6, 6.07) is 23.1. The van der Waals surface area contributed by atoms with Gasteiger partial charge in [-0.15, -0.1) is 0 Å². The molecular weight excluding hydrogens is 416 g/mol. The van der Waals surface area contributed by atoms with E-state index in [1.807, 2.05) is 72.8 Å². The van der Waals surface area contributed by atoms with Crippen molar-refractivity contribution in [3.05, 3.63) is 96.4 Å². The van der Waals surface area contributed by atoms with Crippen LogP contribution in [0.4, 0.5) is 0 Å². The molecule has 2 amide bonds. The maximum Gasteiger partial charge on any atom is 0.276 e. The van der Waals surface area contributed by atoms with Crippen LogP contribution in [0.1, 0.15) is 11.1 Å². The highest BCUT2D eigenvalue weighted by molar-refractivity contribution is 6.47. The summed E-state index contributed by atoms with van der Waals surface area (Å²) < 4.78 is 7.65. The van der Waals surface area contributed by atoms with E-state index in [2.05, 4.69) is 15.3 Å². The number of hydrogen-bond donors (Lipinski definition) is 2. The smallest absolute Gasteiger partial charge is 0.276 e. The number of hydrogen-bond acceptors (Lipinski definition) is 4. The normalized spacial score (nSPS) is 13.8. The second kappa shape index (κ2) is 7.49. The van der Waals surface area contributed by atoms with E-state index in [9.17, 15) is 9.59 Å². The number of nitrogens with zero attached hydrogens (tertiary/aromatic N) is 2. The SMILES string of the molecule is O=C1NC(=O)C(n2cnc3ccccc32)=C1c1c[nH]c2ccc(OCc3ccccc3)cc12. The molecule has 0 radical (unpaired) electrons. The molecule has 33 heavy (non-hydrogen) atoms. The summed E-state index contributed by atoms with van der Waals surface area (Å²) in [5.74, 6) is -0.222. The van der Waals surface area contributed by atoms with Crippen molar-refractivity contribution in [2.75, 3.05) is 0 Å². The summed E-state index contributed by atoms with van der Waals surface area (Å²) >= 11 is 0. The lowest BCUT2D eigenvalue weighted by Crippen LogP contribution is -2.23. The number of imide groups is 1. The maximum absolute atomic E-state index is 12.9. The molecule has 0 aliphatic carbocycles. The highest BCUT2D eigenvalue weighted by Gasteiger charge is 2.34. The van der Waals surface area contributed by atoms with Gasteiger partial charge in [0.15, 0.2) is 0 Å². The number of amides is 2. The molecule has 0 saturated heterocycles. The number of H-pyrrole nitrogens is 1. The monoisotopic (exact) mass is 434 g/mol. The molecule has 1 aliphatic heterocycles. The van der Waals surface area contributed by atoms with E-state index >= 15 is 0 Å². The van der Waals surface area contributed by atoms with Crippen molar-refractivity contribution >= 4 is 45.0 Å². The van der Waals surface area contributed by atoms with Crippen molar-refractivity contribution < 1.29 is 14.3 Å². The lowest BCUT2D eigenvalue weighted by Gasteiger charge is -2.08. The molecule has 3 heterocycles. The molecule has 6 rings (SSSR count). The summed E-state index contributed by atoms with van der Waals surface area (Å²) in [6.45, 7) is 0.431. The van der Waals surface area contributed by atoms with E-state index in [0.29, 0.717) is 23.5 Å². The number of carbonyl (C=O) groups excluding carboxylic acids is 2. The van der Waals surface area contributed by atoms with Gasteiger partial charge in [-0.2, -0.15) is 0 Å². The molecule has 0 fully saturated rings.